The molecule has 0 fully saturated rings. The van der Waals surface area contributed by atoms with E-state index in [1.54, 1.807) is 21.6 Å². The van der Waals surface area contributed by atoms with Gasteiger partial charge in [0.25, 0.3) is 0 Å². The molecule has 0 saturated carbocycles. The number of hydrogen-bond acceptors (Lipinski definition) is 5. The number of benzene rings is 2. The molecular weight excluding hydrogens is 437 g/mol. The first kappa shape index (κ1) is 20.2. The van der Waals surface area contributed by atoms with Crippen molar-refractivity contribution < 1.29 is 0 Å². The van der Waals surface area contributed by atoms with Gasteiger partial charge in [-0.3, -0.25) is 0 Å². The van der Waals surface area contributed by atoms with E-state index in [9.17, 15) is 0 Å². The van der Waals surface area contributed by atoms with Crippen LogP contribution in [0.1, 0.15) is 25.0 Å². The van der Waals surface area contributed by atoms with Crippen LogP contribution in [-0.2, 0) is 0 Å². The third-order valence-electron chi connectivity index (χ3n) is 4.47. The third-order valence-corrected chi connectivity index (χ3v) is 10.1. The van der Waals surface area contributed by atoms with Gasteiger partial charge in [-0.15, -0.1) is 0 Å². The topological polar surface area (TPSA) is 0 Å². The number of hydrogen-bond donors (Lipinski definition) is 0. The second kappa shape index (κ2) is 9.14. The molecule has 28 heavy (non-hydrogen) atoms. The van der Waals surface area contributed by atoms with Crippen LogP contribution in [0.25, 0.3) is 9.81 Å². The summed E-state index contributed by atoms with van der Waals surface area (Å²) in [6.45, 7) is 4.38. The molecule has 0 nitrogen and oxygen atoms in total. The van der Waals surface area contributed by atoms with E-state index >= 15 is 0 Å². The minimum Gasteiger partial charge on any atom is -0.0800 e. The fourth-order valence-electron chi connectivity index (χ4n) is 2.92. The molecule has 0 unspecified atom stereocenters. The highest BCUT2D eigenvalue weighted by Gasteiger charge is 2.21. The monoisotopic (exact) mass is 454 g/mol. The molecule has 2 aromatic rings. The van der Waals surface area contributed by atoms with Gasteiger partial charge in [0.15, 0.2) is 0 Å². The Hall–Kier alpha value is -1.11. The predicted molar refractivity (Wildman–Crippen MR) is 137 cm³/mol. The fraction of sp³-hybridized carbons (Fsp3) is 0.0870. The summed E-state index contributed by atoms with van der Waals surface area (Å²) in [6.07, 6.45) is 4.29. The van der Waals surface area contributed by atoms with Gasteiger partial charge in [0.2, 0.25) is 0 Å². The Kier molecular flexibility index (Phi) is 6.59. The van der Waals surface area contributed by atoms with Gasteiger partial charge in [-0.05, 0) is 48.3 Å². The van der Waals surface area contributed by atoms with E-state index in [-0.39, 0.29) is 0 Å². The molecule has 0 radical (unpaired) electrons. The first-order valence-corrected chi connectivity index (χ1v) is 13.5. The smallest absolute Gasteiger partial charge is 0.0400 e. The molecule has 0 saturated heterocycles. The maximum Gasteiger partial charge on any atom is 0.0400 e. The highest BCUT2D eigenvalue weighted by molar-refractivity contribution is 8.82. The quantitative estimate of drug-likeness (QED) is 0.256. The summed E-state index contributed by atoms with van der Waals surface area (Å²) in [5.41, 5.74) is 5.18. The van der Waals surface area contributed by atoms with Gasteiger partial charge in [0.1, 0.15) is 0 Å². The lowest BCUT2D eigenvalue weighted by Crippen LogP contribution is -1.89. The van der Waals surface area contributed by atoms with Crippen molar-refractivity contribution in [2.24, 2.45) is 0 Å². The maximum atomic E-state index is 5.70. The largest absolute Gasteiger partial charge is 0.0800 e. The van der Waals surface area contributed by atoms with E-state index in [0.717, 1.165) is 4.86 Å². The lowest BCUT2D eigenvalue weighted by Gasteiger charge is -2.02. The van der Waals surface area contributed by atoms with Gasteiger partial charge >= 0.3 is 0 Å². The van der Waals surface area contributed by atoms with Gasteiger partial charge in [-0.2, -0.15) is 0 Å². The van der Waals surface area contributed by atoms with Crippen molar-refractivity contribution in [2.75, 3.05) is 0 Å². The van der Waals surface area contributed by atoms with Gasteiger partial charge in [0.05, 0.1) is 0 Å². The Morgan fingerprint density at radius 3 is 1.43 bits per heavy atom. The summed E-state index contributed by atoms with van der Waals surface area (Å²) in [4.78, 5) is 6.06. The molecule has 2 aromatic carbocycles. The minimum absolute atomic E-state index is 0.883. The van der Waals surface area contributed by atoms with Crippen molar-refractivity contribution >= 4 is 70.1 Å². The van der Waals surface area contributed by atoms with Crippen LogP contribution in [0.15, 0.2) is 93.8 Å². The molecular formula is C23H18S5. The van der Waals surface area contributed by atoms with Crippen molar-refractivity contribution in [1.82, 2.24) is 0 Å². The van der Waals surface area contributed by atoms with Crippen LogP contribution in [0.5, 0.6) is 0 Å². The highest BCUT2D eigenvalue weighted by atomic mass is 33.1. The normalized spacial score (nSPS) is 19.9. The zero-order valence-corrected chi connectivity index (χ0v) is 19.6. The molecule has 2 aliphatic heterocycles. The molecule has 0 atom stereocenters. The lowest BCUT2D eigenvalue weighted by atomic mass is 10.1. The standard InChI is InChI=1S/C23H18S5/c1-15-20(25-27-22(15)17-9-5-3-6-10-17)13-19(24)14-21-16(2)23(28-26-21)18-11-7-4-8-12-18/h3-14H,1-2H3/b20-13-,21-14-. The molecule has 5 heteroatoms. The lowest BCUT2D eigenvalue weighted by molar-refractivity contribution is 1.52. The summed E-state index contributed by atoms with van der Waals surface area (Å²) < 4.78 is 0. The molecule has 140 valence electrons. The second-order valence-corrected chi connectivity index (χ2v) is 11.2. The molecule has 0 aromatic heterocycles. The van der Waals surface area contributed by atoms with Crippen molar-refractivity contribution in [2.45, 2.75) is 13.8 Å². The van der Waals surface area contributed by atoms with E-state index in [2.05, 4.69) is 86.7 Å². The van der Waals surface area contributed by atoms with Crippen LogP contribution < -0.4 is 0 Å². The molecule has 0 N–H and O–H groups in total. The summed E-state index contributed by atoms with van der Waals surface area (Å²) in [5, 5.41) is 0. The maximum absolute atomic E-state index is 5.70. The molecule has 4 rings (SSSR count). The second-order valence-electron chi connectivity index (χ2n) is 6.39. The average molecular weight is 455 g/mol. The van der Waals surface area contributed by atoms with Crippen LogP contribution in [0.2, 0.25) is 0 Å². The average Bonchev–Trinajstić information content (AvgIpc) is 3.26. The Morgan fingerprint density at radius 2 is 1.04 bits per heavy atom. The van der Waals surface area contributed by atoms with Crippen molar-refractivity contribution in [1.29, 1.82) is 0 Å². The Bertz CT molecular complexity index is 944. The molecule has 2 aliphatic rings. The van der Waals surface area contributed by atoms with Crippen molar-refractivity contribution in [3.05, 3.63) is 105 Å². The third kappa shape index (κ3) is 4.39. The molecule has 0 amide bonds. The van der Waals surface area contributed by atoms with Crippen LogP contribution in [-0.4, -0.2) is 4.86 Å². The molecule has 2 heterocycles. The SMILES string of the molecule is CC1=C(c2ccccc2)SS/C1=C\C(=S)/C=C1\SSC(c2ccccc2)=C1C. The van der Waals surface area contributed by atoms with Crippen LogP contribution in [0.4, 0.5) is 0 Å². The van der Waals surface area contributed by atoms with Crippen molar-refractivity contribution in [3.63, 3.8) is 0 Å². The van der Waals surface area contributed by atoms with Crippen LogP contribution in [0.3, 0.4) is 0 Å². The Labute approximate surface area is 187 Å². The first-order chi connectivity index (χ1) is 13.6. The van der Waals surface area contributed by atoms with Crippen LogP contribution >= 0.6 is 55.4 Å². The summed E-state index contributed by atoms with van der Waals surface area (Å²) >= 11 is 5.70. The van der Waals surface area contributed by atoms with Gasteiger partial charge in [-0.25, -0.2) is 0 Å². The molecule has 0 bridgehead atoms. The van der Waals surface area contributed by atoms with E-state index < -0.39 is 0 Å². The number of rotatable bonds is 4. The van der Waals surface area contributed by atoms with Gasteiger partial charge in [0, 0.05) is 24.5 Å². The Morgan fingerprint density at radius 1 is 0.643 bits per heavy atom. The first-order valence-electron chi connectivity index (χ1n) is 8.83. The zero-order valence-electron chi connectivity index (χ0n) is 15.5. The zero-order chi connectivity index (χ0) is 19.5. The van der Waals surface area contributed by atoms with E-state index in [4.69, 9.17) is 12.2 Å². The van der Waals surface area contributed by atoms with E-state index in [1.165, 1.54) is 41.9 Å². The summed E-state index contributed by atoms with van der Waals surface area (Å²) in [6, 6.07) is 21.1. The van der Waals surface area contributed by atoms with Crippen LogP contribution in [0, 0.1) is 0 Å². The fourth-order valence-corrected chi connectivity index (χ4v) is 8.92. The van der Waals surface area contributed by atoms with E-state index in [1.807, 2.05) is 21.6 Å². The van der Waals surface area contributed by atoms with E-state index in [0.29, 0.717) is 0 Å². The highest BCUT2D eigenvalue weighted by Crippen LogP contribution is 2.55. The minimum atomic E-state index is 0.883. The summed E-state index contributed by atoms with van der Waals surface area (Å²) in [5.74, 6) is 0. The summed E-state index contributed by atoms with van der Waals surface area (Å²) in [7, 11) is 7.25. The molecule has 0 spiro atoms. The van der Waals surface area contributed by atoms with Gasteiger partial charge < -0.3 is 0 Å². The Balaban J connectivity index is 1.56. The number of allylic oxidation sites excluding steroid dienone is 4. The van der Waals surface area contributed by atoms with Crippen molar-refractivity contribution in [3.8, 4) is 0 Å². The molecule has 0 aliphatic carbocycles. The van der Waals surface area contributed by atoms with Gasteiger partial charge in [-0.1, -0.05) is 116 Å². The predicted octanol–water partition coefficient (Wildman–Crippen LogP) is 8.78. The number of thiocarbonyl (C=S) groups is 1.